The van der Waals surface area contributed by atoms with E-state index >= 15 is 0 Å². The van der Waals surface area contributed by atoms with Gasteiger partial charge in [-0.25, -0.2) is 4.39 Å². The maximum absolute atomic E-state index is 12.9. The van der Waals surface area contributed by atoms with Crippen molar-refractivity contribution in [1.82, 2.24) is 0 Å². The molecule has 1 aromatic carbocycles. The molecule has 5 heteroatoms. The zero-order valence-electron chi connectivity index (χ0n) is 6.60. The van der Waals surface area contributed by atoms with Crippen LogP contribution in [0.25, 0.3) is 0 Å². The quantitative estimate of drug-likeness (QED) is 0.755. The van der Waals surface area contributed by atoms with Gasteiger partial charge in [0.2, 0.25) is 0 Å². The van der Waals surface area contributed by atoms with Crippen LogP contribution in [0.2, 0.25) is 10.0 Å². The molecule has 1 rings (SSSR count). The number of aliphatic hydroxyl groups is 1. The summed E-state index contributed by atoms with van der Waals surface area (Å²) in [4.78, 5) is 0. The van der Waals surface area contributed by atoms with Gasteiger partial charge in [-0.2, -0.15) is 0 Å². The monoisotopic (exact) mass is 223 g/mol. The van der Waals surface area contributed by atoms with Gasteiger partial charge < -0.3 is 10.8 Å². The highest BCUT2D eigenvalue weighted by molar-refractivity contribution is 6.35. The fraction of sp³-hybridized carbons (Fsp3) is 0.250. The van der Waals surface area contributed by atoms with E-state index < -0.39 is 11.9 Å². The summed E-state index contributed by atoms with van der Waals surface area (Å²) in [6, 6.07) is 2.61. The lowest BCUT2D eigenvalue weighted by Gasteiger charge is -2.09. The first-order valence-corrected chi connectivity index (χ1v) is 4.34. The normalized spacial score (nSPS) is 13.0. The Morgan fingerprint density at radius 1 is 1.38 bits per heavy atom. The van der Waals surface area contributed by atoms with Crippen LogP contribution in [-0.2, 0) is 0 Å². The van der Waals surface area contributed by atoms with E-state index in [4.69, 9.17) is 28.9 Å². The van der Waals surface area contributed by atoms with Gasteiger partial charge in [-0.05, 0) is 17.7 Å². The van der Waals surface area contributed by atoms with Crippen LogP contribution in [0.5, 0.6) is 0 Å². The first-order chi connectivity index (χ1) is 6.06. The maximum Gasteiger partial charge on any atom is 0.160 e. The zero-order chi connectivity index (χ0) is 10.0. The third-order valence-electron chi connectivity index (χ3n) is 1.61. The summed E-state index contributed by atoms with van der Waals surface area (Å²) in [5.74, 6) is -0.684. The summed E-state index contributed by atoms with van der Waals surface area (Å²) in [7, 11) is 0. The number of halogens is 3. The largest absolute Gasteiger partial charge is 0.387 e. The van der Waals surface area contributed by atoms with E-state index in [-0.39, 0.29) is 16.6 Å². The van der Waals surface area contributed by atoms with Crippen LogP contribution in [0.15, 0.2) is 12.1 Å². The molecule has 3 N–H and O–H groups in total. The molecule has 0 fully saturated rings. The smallest absolute Gasteiger partial charge is 0.160 e. The van der Waals surface area contributed by atoms with E-state index in [2.05, 4.69) is 0 Å². The van der Waals surface area contributed by atoms with Crippen molar-refractivity contribution >= 4 is 23.2 Å². The average molecular weight is 224 g/mol. The number of nitrogens with two attached hydrogens (primary N) is 1. The number of aliphatic hydroxyl groups excluding tert-OH is 1. The molecule has 0 aromatic heterocycles. The van der Waals surface area contributed by atoms with Crippen molar-refractivity contribution < 1.29 is 9.50 Å². The Balaban J connectivity index is 3.13. The first-order valence-electron chi connectivity index (χ1n) is 3.59. The molecule has 2 nitrogen and oxygen atoms in total. The Kier molecular flexibility index (Phi) is 3.50. The fourth-order valence-corrected chi connectivity index (χ4v) is 1.41. The van der Waals surface area contributed by atoms with E-state index in [0.29, 0.717) is 5.56 Å². The summed E-state index contributed by atoms with van der Waals surface area (Å²) in [5.41, 5.74) is 5.63. The van der Waals surface area contributed by atoms with Crippen LogP contribution in [0.3, 0.4) is 0 Å². The van der Waals surface area contributed by atoms with E-state index in [1.54, 1.807) is 0 Å². The highest BCUT2D eigenvalue weighted by Crippen LogP contribution is 2.27. The predicted octanol–water partition coefficient (Wildman–Crippen LogP) is 2.12. The Morgan fingerprint density at radius 2 is 1.85 bits per heavy atom. The van der Waals surface area contributed by atoms with E-state index in [0.717, 1.165) is 0 Å². The van der Waals surface area contributed by atoms with Gasteiger partial charge in [0.05, 0.1) is 16.1 Å². The molecule has 0 saturated heterocycles. The van der Waals surface area contributed by atoms with Crippen molar-refractivity contribution in [3.63, 3.8) is 0 Å². The van der Waals surface area contributed by atoms with Crippen LogP contribution in [0.4, 0.5) is 4.39 Å². The molecule has 0 saturated carbocycles. The Morgan fingerprint density at radius 3 is 2.23 bits per heavy atom. The molecular weight excluding hydrogens is 216 g/mol. The molecule has 0 heterocycles. The topological polar surface area (TPSA) is 46.2 Å². The molecule has 0 bridgehead atoms. The van der Waals surface area contributed by atoms with Gasteiger partial charge in [0.15, 0.2) is 5.82 Å². The second kappa shape index (κ2) is 4.24. The van der Waals surface area contributed by atoms with Gasteiger partial charge in [0.25, 0.3) is 0 Å². The SMILES string of the molecule is NCC(O)c1cc(Cl)c(F)c(Cl)c1. The molecule has 0 radical (unpaired) electrons. The molecule has 1 aromatic rings. The van der Waals surface area contributed by atoms with Gasteiger partial charge in [0.1, 0.15) is 0 Å². The maximum atomic E-state index is 12.9. The van der Waals surface area contributed by atoms with E-state index in [9.17, 15) is 9.50 Å². The fourth-order valence-electron chi connectivity index (χ4n) is 0.904. The Bertz CT molecular complexity index is 296. The molecule has 0 aliphatic carbocycles. The lowest BCUT2D eigenvalue weighted by Crippen LogP contribution is -2.11. The van der Waals surface area contributed by atoms with Crippen LogP contribution >= 0.6 is 23.2 Å². The van der Waals surface area contributed by atoms with Crippen molar-refractivity contribution in [2.45, 2.75) is 6.10 Å². The van der Waals surface area contributed by atoms with Gasteiger partial charge in [-0.15, -0.1) is 0 Å². The molecule has 13 heavy (non-hydrogen) atoms. The zero-order valence-corrected chi connectivity index (χ0v) is 8.11. The van der Waals surface area contributed by atoms with Crippen LogP contribution in [-0.4, -0.2) is 11.7 Å². The summed E-state index contributed by atoms with van der Waals surface area (Å²) in [6.07, 6.45) is -0.865. The second-order valence-electron chi connectivity index (χ2n) is 2.55. The van der Waals surface area contributed by atoms with Crippen molar-refractivity contribution in [2.75, 3.05) is 6.54 Å². The standard InChI is InChI=1S/C8H8Cl2FNO/c9-5-1-4(7(13)3-12)2-6(10)8(5)11/h1-2,7,13H,3,12H2. The van der Waals surface area contributed by atoms with E-state index in [1.807, 2.05) is 0 Å². The number of hydrogen-bond acceptors (Lipinski definition) is 2. The number of rotatable bonds is 2. The predicted molar refractivity (Wildman–Crippen MR) is 50.4 cm³/mol. The number of benzene rings is 1. The molecule has 0 amide bonds. The van der Waals surface area contributed by atoms with Crippen molar-refractivity contribution in [3.8, 4) is 0 Å². The van der Waals surface area contributed by atoms with E-state index in [1.165, 1.54) is 12.1 Å². The van der Waals surface area contributed by atoms with Gasteiger partial charge >= 0.3 is 0 Å². The summed E-state index contributed by atoms with van der Waals surface area (Å²) in [5, 5.41) is 9.07. The third kappa shape index (κ3) is 2.31. The molecule has 0 spiro atoms. The molecule has 0 aliphatic rings. The third-order valence-corrected chi connectivity index (χ3v) is 2.16. The minimum atomic E-state index is -0.865. The molecule has 1 atom stereocenters. The first kappa shape index (κ1) is 10.7. The highest BCUT2D eigenvalue weighted by Gasteiger charge is 2.11. The Hall–Kier alpha value is -0.350. The lowest BCUT2D eigenvalue weighted by molar-refractivity contribution is 0.186. The minimum Gasteiger partial charge on any atom is -0.387 e. The van der Waals surface area contributed by atoms with Crippen molar-refractivity contribution in [3.05, 3.63) is 33.6 Å². The summed E-state index contributed by atoms with van der Waals surface area (Å²) < 4.78 is 12.9. The van der Waals surface area contributed by atoms with Crippen molar-refractivity contribution in [1.29, 1.82) is 0 Å². The van der Waals surface area contributed by atoms with Crippen LogP contribution in [0.1, 0.15) is 11.7 Å². The summed E-state index contributed by atoms with van der Waals surface area (Å²) in [6.45, 7) is 0.0400. The van der Waals surface area contributed by atoms with Gasteiger partial charge in [-0.3, -0.25) is 0 Å². The average Bonchev–Trinajstić information content (AvgIpc) is 2.12. The summed E-state index contributed by atoms with van der Waals surface area (Å²) >= 11 is 11.0. The highest BCUT2D eigenvalue weighted by atomic mass is 35.5. The molecule has 1 unspecified atom stereocenters. The molecule has 0 aliphatic heterocycles. The van der Waals surface area contributed by atoms with Crippen LogP contribution < -0.4 is 5.73 Å². The number of hydrogen-bond donors (Lipinski definition) is 2. The Labute approximate surface area is 85.1 Å². The van der Waals surface area contributed by atoms with Crippen LogP contribution in [0, 0.1) is 5.82 Å². The van der Waals surface area contributed by atoms with Crippen molar-refractivity contribution in [2.24, 2.45) is 5.73 Å². The molecule has 72 valence electrons. The minimum absolute atomic E-state index is 0.0400. The lowest BCUT2D eigenvalue weighted by atomic mass is 10.1. The van der Waals surface area contributed by atoms with Gasteiger partial charge in [-0.1, -0.05) is 23.2 Å². The second-order valence-corrected chi connectivity index (χ2v) is 3.36. The molecular formula is C8H8Cl2FNO. The van der Waals surface area contributed by atoms with Gasteiger partial charge in [0, 0.05) is 6.54 Å².